The summed E-state index contributed by atoms with van der Waals surface area (Å²) in [7, 11) is 1.70. The van der Waals surface area contributed by atoms with E-state index in [2.05, 4.69) is 37.4 Å². The average molecular weight is 436 g/mol. The molecule has 3 heterocycles. The van der Waals surface area contributed by atoms with Gasteiger partial charge in [-0.25, -0.2) is 0 Å². The van der Waals surface area contributed by atoms with E-state index in [4.69, 9.17) is 9.47 Å². The largest absolute Gasteiger partial charge is 0.497 e. The minimum Gasteiger partial charge on any atom is -0.497 e. The maximum absolute atomic E-state index is 5.50. The van der Waals surface area contributed by atoms with Gasteiger partial charge in [-0.1, -0.05) is 12.1 Å². The van der Waals surface area contributed by atoms with Crippen molar-refractivity contribution in [3.05, 3.63) is 36.0 Å². The van der Waals surface area contributed by atoms with Gasteiger partial charge in [-0.15, -0.1) is 12.4 Å². The molecular weight excluding hydrogens is 402 g/mol. The minimum atomic E-state index is 0. The number of nitrogens with zero attached hydrogens (tertiary/aromatic N) is 3. The van der Waals surface area contributed by atoms with Gasteiger partial charge in [0.05, 0.1) is 32.2 Å². The molecule has 2 saturated heterocycles. The minimum absolute atomic E-state index is 0. The lowest BCUT2D eigenvalue weighted by Gasteiger charge is -2.36. The molecule has 4 rings (SSSR count). The van der Waals surface area contributed by atoms with Crippen molar-refractivity contribution >= 4 is 12.4 Å². The zero-order valence-electron chi connectivity index (χ0n) is 17.8. The van der Waals surface area contributed by atoms with Crippen LogP contribution in [0.4, 0.5) is 0 Å². The molecule has 1 aromatic carbocycles. The molecule has 2 fully saturated rings. The van der Waals surface area contributed by atoms with Gasteiger partial charge in [-0.3, -0.25) is 14.9 Å². The maximum atomic E-state index is 5.50. The quantitative estimate of drug-likeness (QED) is 0.663. The number of morpholine rings is 1. The van der Waals surface area contributed by atoms with Crippen LogP contribution in [0.5, 0.6) is 5.75 Å². The number of hydrogen-bond acceptors (Lipinski definition) is 6. The second kappa shape index (κ2) is 11.7. The number of piperidine rings is 1. The lowest BCUT2D eigenvalue weighted by atomic mass is 10.0. The van der Waals surface area contributed by atoms with Crippen molar-refractivity contribution < 1.29 is 9.47 Å². The van der Waals surface area contributed by atoms with Crippen LogP contribution >= 0.6 is 12.4 Å². The molecule has 2 aliphatic rings. The molecule has 30 heavy (non-hydrogen) atoms. The Bertz CT molecular complexity index is 759. The topological polar surface area (TPSA) is 65.7 Å². The summed E-state index contributed by atoms with van der Waals surface area (Å²) in [6.07, 6.45) is 4.47. The van der Waals surface area contributed by atoms with Crippen molar-refractivity contribution in [2.24, 2.45) is 0 Å². The Balaban J connectivity index is 0.00000256. The van der Waals surface area contributed by atoms with Crippen molar-refractivity contribution in [3.8, 4) is 17.0 Å². The molecule has 2 N–H and O–H groups in total. The van der Waals surface area contributed by atoms with E-state index in [0.717, 1.165) is 76.0 Å². The number of ether oxygens (including phenoxy) is 2. The number of nitrogens with one attached hydrogen (secondary N) is 2. The lowest BCUT2D eigenvalue weighted by Crippen LogP contribution is -2.49. The first kappa shape index (κ1) is 23.0. The highest BCUT2D eigenvalue weighted by Gasteiger charge is 2.24. The second-order valence-electron chi connectivity index (χ2n) is 7.93. The van der Waals surface area contributed by atoms with E-state index in [-0.39, 0.29) is 12.4 Å². The molecule has 0 radical (unpaired) electrons. The average Bonchev–Trinajstić information content (AvgIpc) is 3.26. The van der Waals surface area contributed by atoms with Crippen LogP contribution in [0, 0.1) is 0 Å². The Morgan fingerprint density at radius 3 is 2.93 bits per heavy atom. The Kier molecular flexibility index (Phi) is 8.96. The Hall–Kier alpha value is -1.64. The summed E-state index contributed by atoms with van der Waals surface area (Å²) in [5, 5.41) is 11.2. The van der Waals surface area contributed by atoms with Gasteiger partial charge in [0.1, 0.15) is 5.75 Å². The van der Waals surface area contributed by atoms with Crippen molar-refractivity contribution in [2.45, 2.75) is 25.4 Å². The highest BCUT2D eigenvalue weighted by atomic mass is 35.5. The first-order valence-electron chi connectivity index (χ1n) is 10.7. The molecule has 0 bridgehead atoms. The number of aromatic nitrogens is 2. The molecule has 2 aromatic rings. The number of rotatable bonds is 8. The number of aromatic amines is 1. The fourth-order valence-corrected chi connectivity index (χ4v) is 4.31. The molecule has 166 valence electrons. The van der Waals surface area contributed by atoms with Crippen LogP contribution in [0.2, 0.25) is 0 Å². The Morgan fingerprint density at radius 1 is 1.30 bits per heavy atom. The van der Waals surface area contributed by atoms with E-state index in [1.165, 1.54) is 18.4 Å². The molecule has 2 aliphatic heterocycles. The summed E-state index contributed by atoms with van der Waals surface area (Å²) in [5.74, 6) is 0.865. The molecule has 1 aromatic heterocycles. The van der Waals surface area contributed by atoms with E-state index >= 15 is 0 Å². The molecule has 0 saturated carbocycles. The third kappa shape index (κ3) is 5.95. The number of benzene rings is 1. The van der Waals surface area contributed by atoms with Gasteiger partial charge in [0.15, 0.2) is 0 Å². The lowest BCUT2D eigenvalue weighted by molar-refractivity contribution is 0.0290. The summed E-state index contributed by atoms with van der Waals surface area (Å²) in [4.78, 5) is 5.15. The van der Waals surface area contributed by atoms with Gasteiger partial charge < -0.3 is 14.8 Å². The normalized spacial score (nSPS) is 20.1. The highest BCUT2D eigenvalue weighted by molar-refractivity contribution is 5.85. The standard InChI is InChI=1S/C22H33N5O2.ClH/c1-28-21-6-2-4-18(14-21)22-19(15-24-25-22)17-27(20-5-3-7-23-16-20)9-8-26-10-12-29-13-11-26;/h2,4,6,14-15,20,23H,3,5,7-13,16-17H2,1H3,(H,24,25);1H. The Labute approximate surface area is 185 Å². The molecule has 1 atom stereocenters. The van der Waals surface area contributed by atoms with Gasteiger partial charge >= 0.3 is 0 Å². The summed E-state index contributed by atoms with van der Waals surface area (Å²) < 4.78 is 10.9. The molecule has 0 amide bonds. The summed E-state index contributed by atoms with van der Waals surface area (Å²) in [6.45, 7) is 9.04. The van der Waals surface area contributed by atoms with Gasteiger partial charge in [0.25, 0.3) is 0 Å². The number of hydrogen-bond donors (Lipinski definition) is 2. The molecule has 1 unspecified atom stereocenters. The SMILES string of the molecule is COc1cccc(-c2[nH]ncc2CN(CCN2CCOCC2)C2CCCNC2)c1.Cl. The molecule has 0 aliphatic carbocycles. The summed E-state index contributed by atoms with van der Waals surface area (Å²) in [5.41, 5.74) is 3.45. The van der Waals surface area contributed by atoms with Crippen molar-refractivity contribution in [2.75, 3.05) is 59.6 Å². The van der Waals surface area contributed by atoms with Crippen LogP contribution in [-0.4, -0.2) is 85.6 Å². The van der Waals surface area contributed by atoms with E-state index in [1.807, 2.05) is 18.3 Å². The van der Waals surface area contributed by atoms with Crippen LogP contribution in [-0.2, 0) is 11.3 Å². The smallest absolute Gasteiger partial charge is 0.119 e. The maximum Gasteiger partial charge on any atom is 0.119 e. The van der Waals surface area contributed by atoms with Crippen molar-refractivity contribution in [1.29, 1.82) is 0 Å². The van der Waals surface area contributed by atoms with Crippen LogP contribution < -0.4 is 10.1 Å². The second-order valence-corrected chi connectivity index (χ2v) is 7.93. The molecule has 8 heteroatoms. The zero-order chi connectivity index (χ0) is 19.9. The van der Waals surface area contributed by atoms with E-state index < -0.39 is 0 Å². The number of halogens is 1. The number of H-pyrrole nitrogens is 1. The van der Waals surface area contributed by atoms with E-state index in [9.17, 15) is 0 Å². The van der Waals surface area contributed by atoms with Crippen LogP contribution in [0.15, 0.2) is 30.5 Å². The third-order valence-corrected chi connectivity index (χ3v) is 6.04. The first-order chi connectivity index (χ1) is 14.3. The third-order valence-electron chi connectivity index (χ3n) is 6.04. The fraction of sp³-hybridized carbons (Fsp3) is 0.591. The van der Waals surface area contributed by atoms with Crippen LogP contribution in [0.1, 0.15) is 18.4 Å². The fourth-order valence-electron chi connectivity index (χ4n) is 4.31. The van der Waals surface area contributed by atoms with Gasteiger partial charge in [-0.05, 0) is 31.5 Å². The predicted molar refractivity (Wildman–Crippen MR) is 121 cm³/mol. The summed E-state index contributed by atoms with van der Waals surface area (Å²) in [6, 6.07) is 8.75. The van der Waals surface area contributed by atoms with Gasteiger partial charge in [0.2, 0.25) is 0 Å². The number of methoxy groups -OCH3 is 1. The van der Waals surface area contributed by atoms with Crippen LogP contribution in [0.3, 0.4) is 0 Å². The highest BCUT2D eigenvalue weighted by Crippen LogP contribution is 2.26. The van der Waals surface area contributed by atoms with E-state index in [0.29, 0.717) is 6.04 Å². The summed E-state index contributed by atoms with van der Waals surface area (Å²) >= 11 is 0. The van der Waals surface area contributed by atoms with Crippen molar-refractivity contribution in [3.63, 3.8) is 0 Å². The van der Waals surface area contributed by atoms with Gasteiger partial charge in [0, 0.05) is 56.4 Å². The van der Waals surface area contributed by atoms with Gasteiger partial charge in [-0.2, -0.15) is 5.10 Å². The zero-order valence-corrected chi connectivity index (χ0v) is 18.6. The van der Waals surface area contributed by atoms with E-state index in [1.54, 1.807) is 7.11 Å². The monoisotopic (exact) mass is 435 g/mol. The van der Waals surface area contributed by atoms with Crippen molar-refractivity contribution in [1.82, 2.24) is 25.3 Å². The molecular formula is C22H34ClN5O2. The predicted octanol–water partition coefficient (Wildman–Crippen LogP) is 2.39. The Morgan fingerprint density at radius 2 is 2.17 bits per heavy atom. The molecule has 0 spiro atoms. The van der Waals surface area contributed by atoms with Crippen LogP contribution in [0.25, 0.3) is 11.3 Å². The first-order valence-corrected chi connectivity index (χ1v) is 10.7. The molecule has 7 nitrogen and oxygen atoms in total.